The molecule has 1 N–H and O–H groups in total. The van der Waals surface area contributed by atoms with E-state index in [4.69, 9.17) is 0 Å². The van der Waals surface area contributed by atoms with Gasteiger partial charge in [0.2, 0.25) is 0 Å². The predicted octanol–water partition coefficient (Wildman–Crippen LogP) is 5.33. The Morgan fingerprint density at radius 2 is 2.19 bits per heavy atom. The van der Waals surface area contributed by atoms with E-state index >= 15 is 0 Å². The Morgan fingerprint density at radius 1 is 1.38 bits per heavy atom. The van der Waals surface area contributed by atoms with Gasteiger partial charge in [0.25, 0.3) is 0 Å². The Balaban J connectivity index is 2.05. The lowest BCUT2D eigenvalue weighted by atomic mass is 9.77. The van der Waals surface area contributed by atoms with Gasteiger partial charge in [-0.3, -0.25) is 0 Å². The molecule has 0 bridgehead atoms. The molecular formula is C18H27BrFN. The molecule has 21 heavy (non-hydrogen) atoms. The molecule has 3 unspecified atom stereocenters. The van der Waals surface area contributed by atoms with Gasteiger partial charge in [0.05, 0.1) is 4.47 Å². The summed E-state index contributed by atoms with van der Waals surface area (Å²) < 4.78 is 14.0. The molecule has 0 spiro atoms. The molecule has 0 amide bonds. The molecular weight excluding hydrogens is 329 g/mol. The Kier molecular flexibility index (Phi) is 6.69. The molecule has 1 aromatic rings. The van der Waals surface area contributed by atoms with Crippen LogP contribution in [-0.2, 0) is 6.42 Å². The molecule has 1 saturated carbocycles. The highest BCUT2D eigenvalue weighted by molar-refractivity contribution is 9.10. The molecule has 1 aromatic carbocycles. The number of hydrogen-bond acceptors (Lipinski definition) is 1. The zero-order chi connectivity index (χ0) is 15.2. The van der Waals surface area contributed by atoms with Crippen molar-refractivity contribution in [2.24, 2.45) is 11.8 Å². The van der Waals surface area contributed by atoms with Crippen molar-refractivity contribution in [1.82, 2.24) is 5.32 Å². The minimum Gasteiger partial charge on any atom is -0.313 e. The first-order valence-electron chi connectivity index (χ1n) is 8.27. The number of rotatable bonds is 6. The Labute approximate surface area is 136 Å². The first kappa shape index (κ1) is 17.0. The second-order valence-corrected chi connectivity index (χ2v) is 7.40. The maximum Gasteiger partial charge on any atom is 0.137 e. The van der Waals surface area contributed by atoms with Crippen LogP contribution in [-0.4, -0.2) is 12.6 Å². The Hall–Kier alpha value is -0.410. The number of halogens is 2. The molecule has 1 nitrogen and oxygen atoms in total. The van der Waals surface area contributed by atoms with Gasteiger partial charge in [0, 0.05) is 6.04 Å². The van der Waals surface area contributed by atoms with Crippen molar-refractivity contribution in [2.75, 3.05) is 6.54 Å². The van der Waals surface area contributed by atoms with Crippen LogP contribution in [0.4, 0.5) is 4.39 Å². The van der Waals surface area contributed by atoms with Crippen molar-refractivity contribution in [3.63, 3.8) is 0 Å². The average molecular weight is 356 g/mol. The van der Waals surface area contributed by atoms with Crippen molar-refractivity contribution >= 4 is 15.9 Å². The zero-order valence-electron chi connectivity index (χ0n) is 13.2. The van der Waals surface area contributed by atoms with Crippen LogP contribution in [0.25, 0.3) is 0 Å². The maximum atomic E-state index is 13.4. The fourth-order valence-electron chi connectivity index (χ4n) is 3.50. The van der Waals surface area contributed by atoms with Crippen LogP contribution in [0.3, 0.4) is 0 Å². The molecule has 0 radical (unpaired) electrons. The van der Waals surface area contributed by atoms with E-state index in [9.17, 15) is 4.39 Å². The Bertz CT molecular complexity index is 449. The van der Waals surface area contributed by atoms with E-state index in [1.807, 2.05) is 12.1 Å². The third-order valence-electron chi connectivity index (χ3n) is 4.64. The summed E-state index contributed by atoms with van der Waals surface area (Å²) in [5, 5.41) is 3.73. The summed E-state index contributed by atoms with van der Waals surface area (Å²) in [7, 11) is 0. The molecule has 0 aliphatic heterocycles. The van der Waals surface area contributed by atoms with Gasteiger partial charge in [0.1, 0.15) is 5.82 Å². The van der Waals surface area contributed by atoms with Gasteiger partial charge >= 0.3 is 0 Å². The summed E-state index contributed by atoms with van der Waals surface area (Å²) in [5.74, 6) is 1.42. The lowest BCUT2D eigenvalue weighted by molar-refractivity contribution is 0.221. The molecule has 3 atom stereocenters. The molecule has 1 aliphatic carbocycles. The van der Waals surface area contributed by atoms with Gasteiger partial charge in [0.15, 0.2) is 0 Å². The van der Waals surface area contributed by atoms with Gasteiger partial charge < -0.3 is 5.32 Å². The number of nitrogens with one attached hydrogen (secondary N) is 1. The summed E-state index contributed by atoms with van der Waals surface area (Å²) in [6.45, 7) is 5.65. The smallest absolute Gasteiger partial charge is 0.137 e. The molecule has 118 valence electrons. The topological polar surface area (TPSA) is 12.0 Å². The molecule has 0 heterocycles. The van der Waals surface area contributed by atoms with Gasteiger partial charge in [-0.1, -0.05) is 32.8 Å². The van der Waals surface area contributed by atoms with Crippen LogP contribution >= 0.6 is 15.9 Å². The molecule has 1 aliphatic rings. The lowest BCUT2D eigenvalue weighted by Crippen LogP contribution is -2.40. The molecule has 0 aromatic heterocycles. The third kappa shape index (κ3) is 5.07. The van der Waals surface area contributed by atoms with Crippen molar-refractivity contribution in [3.05, 3.63) is 34.1 Å². The lowest BCUT2D eigenvalue weighted by Gasteiger charge is -2.34. The van der Waals surface area contributed by atoms with E-state index in [0.717, 1.165) is 31.2 Å². The summed E-state index contributed by atoms with van der Waals surface area (Å²) in [4.78, 5) is 0. The van der Waals surface area contributed by atoms with Gasteiger partial charge in [-0.15, -0.1) is 0 Å². The molecule has 3 heteroatoms. The van der Waals surface area contributed by atoms with Gasteiger partial charge in [-0.05, 0) is 77.7 Å². The minimum atomic E-state index is -0.178. The van der Waals surface area contributed by atoms with E-state index in [1.165, 1.54) is 31.2 Å². The third-order valence-corrected chi connectivity index (χ3v) is 5.25. The van der Waals surface area contributed by atoms with E-state index in [0.29, 0.717) is 10.5 Å². The Morgan fingerprint density at radius 3 is 2.86 bits per heavy atom. The molecule has 1 fully saturated rings. The van der Waals surface area contributed by atoms with E-state index < -0.39 is 0 Å². The molecule has 2 rings (SSSR count). The van der Waals surface area contributed by atoms with E-state index in [-0.39, 0.29) is 5.82 Å². The van der Waals surface area contributed by atoms with Gasteiger partial charge in [-0.25, -0.2) is 4.39 Å². The van der Waals surface area contributed by atoms with Crippen LogP contribution in [0.2, 0.25) is 0 Å². The monoisotopic (exact) mass is 355 g/mol. The largest absolute Gasteiger partial charge is 0.313 e. The quantitative estimate of drug-likeness (QED) is 0.727. The second kappa shape index (κ2) is 8.28. The highest BCUT2D eigenvalue weighted by Crippen LogP contribution is 2.32. The summed E-state index contributed by atoms with van der Waals surface area (Å²) >= 11 is 3.30. The van der Waals surface area contributed by atoms with E-state index in [1.54, 1.807) is 6.07 Å². The highest BCUT2D eigenvalue weighted by Gasteiger charge is 2.26. The summed E-state index contributed by atoms with van der Waals surface area (Å²) in [6, 6.07) is 5.94. The summed E-state index contributed by atoms with van der Waals surface area (Å²) in [5.41, 5.74) is 1.22. The van der Waals surface area contributed by atoms with E-state index in [2.05, 4.69) is 35.1 Å². The van der Waals surface area contributed by atoms with Crippen LogP contribution in [0.15, 0.2) is 22.7 Å². The number of hydrogen-bond donors (Lipinski definition) is 1. The van der Waals surface area contributed by atoms with Crippen LogP contribution in [0.5, 0.6) is 0 Å². The minimum absolute atomic E-state index is 0.178. The average Bonchev–Trinajstić information content (AvgIpc) is 2.47. The predicted molar refractivity (Wildman–Crippen MR) is 91.0 cm³/mol. The van der Waals surface area contributed by atoms with Crippen LogP contribution < -0.4 is 5.32 Å². The van der Waals surface area contributed by atoms with Crippen LogP contribution in [0, 0.1) is 17.7 Å². The maximum absolute atomic E-state index is 13.4. The standard InChI is InChI=1S/C18H27BrFN/c1-3-9-21-18(15-6-4-5-13(2)10-15)12-14-7-8-17(20)16(19)11-14/h7-8,11,13,15,18,21H,3-6,9-10,12H2,1-2H3. The first-order valence-corrected chi connectivity index (χ1v) is 9.06. The summed E-state index contributed by atoms with van der Waals surface area (Å²) in [6.07, 6.45) is 7.53. The fraction of sp³-hybridized carbons (Fsp3) is 0.667. The second-order valence-electron chi connectivity index (χ2n) is 6.55. The van der Waals surface area contributed by atoms with Gasteiger partial charge in [-0.2, -0.15) is 0 Å². The zero-order valence-corrected chi connectivity index (χ0v) is 14.8. The molecule has 0 saturated heterocycles. The first-order chi connectivity index (χ1) is 10.1. The SMILES string of the molecule is CCCNC(Cc1ccc(F)c(Br)c1)C1CCCC(C)C1. The fourth-order valence-corrected chi connectivity index (χ4v) is 3.93. The van der Waals surface area contributed by atoms with Crippen molar-refractivity contribution in [3.8, 4) is 0 Å². The van der Waals surface area contributed by atoms with Crippen LogP contribution in [0.1, 0.15) is 51.5 Å². The number of benzene rings is 1. The highest BCUT2D eigenvalue weighted by atomic mass is 79.9. The van der Waals surface area contributed by atoms with Crippen molar-refractivity contribution < 1.29 is 4.39 Å². The van der Waals surface area contributed by atoms with Crippen molar-refractivity contribution in [2.45, 2.75) is 58.4 Å². The van der Waals surface area contributed by atoms with Crippen molar-refractivity contribution in [1.29, 1.82) is 0 Å². The normalized spacial score (nSPS) is 24.0.